The highest BCUT2D eigenvalue weighted by molar-refractivity contribution is 8.82. The molecule has 0 rings (SSSR count). The summed E-state index contributed by atoms with van der Waals surface area (Å²) < 4.78 is 0. The van der Waals surface area contributed by atoms with Crippen molar-refractivity contribution in [1.82, 2.24) is 5.32 Å². The molecule has 0 aromatic rings. The summed E-state index contributed by atoms with van der Waals surface area (Å²) in [5, 5.41) is 2.74. The van der Waals surface area contributed by atoms with Crippen molar-refractivity contribution in [2.45, 2.75) is 13.8 Å². The third kappa shape index (κ3) is 6.05. The van der Waals surface area contributed by atoms with Gasteiger partial charge in [-0.3, -0.25) is 4.79 Å². The van der Waals surface area contributed by atoms with Gasteiger partial charge in [-0.1, -0.05) is 17.7 Å². The van der Waals surface area contributed by atoms with Gasteiger partial charge in [0.2, 0.25) is 0 Å². The third-order valence-corrected chi connectivity index (χ3v) is 2.74. The molecule has 9 heavy (non-hydrogen) atoms. The van der Waals surface area contributed by atoms with E-state index in [1.54, 1.807) is 10.8 Å². The van der Waals surface area contributed by atoms with Crippen molar-refractivity contribution < 1.29 is 4.79 Å². The van der Waals surface area contributed by atoms with Crippen LogP contribution in [0.4, 0.5) is 4.79 Å². The lowest BCUT2D eigenvalue weighted by Crippen LogP contribution is -2.16. The summed E-state index contributed by atoms with van der Waals surface area (Å²) in [6.07, 6.45) is 0. The van der Waals surface area contributed by atoms with E-state index >= 15 is 0 Å². The van der Waals surface area contributed by atoms with Crippen molar-refractivity contribution in [1.29, 1.82) is 0 Å². The summed E-state index contributed by atoms with van der Waals surface area (Å²) >= 11 is 0. The van der Waals surface area contributed by atoms with Gasteiger partial charge in [0, 0.05) is 23.1 Å². The molecule has 0 aliphatic rings. The number of carbonyl (C=O) groups is 1. The van der Waals surface area contributed by atoms with E-state index in [0.29, 0.717) is 0 Å². The van der Waals surface area contributed by atoms with Crippen LogP contribution in [-0.2, 0) is 0 Å². The van der Waals surface area contributed by atoms with Crippen molar-refractivity contribution in [2.24, 2.45) is 0 Å². The summed E-state index contributed by atoms with van der Waals surface area (Å²) in [6, 6.07) is 0. The second-order valence-corrected chi connectivity index (χ2v) is 3.87. The van der Waals surface area contributed by atoms with E-state index < -0.39 is 0 Å². The predicted molar refractivity (Wildman–Crippen MR) is 44.8 cm³/mol. The van der Waals surface area contributed by atoms with Gasteiger partial charge in [0.25, 0.3) is 5.24 Å². The number of amides is 1. The zero-order valence-electron chi connectivity index (χ0n) is 5.64. The van der Waals surface area contributed by atoms with Crippen LogP contribution in [0.5, 0.6) is 0 Å². The standard InChI is InChI=1S/C5H11NOS2/c1-3-6-5(7)9-8-4-2/h3-4H2,1-2H3,(H,6,7). The fourth-order valence-corrected chi connectivity index (χ4v) is 1.57. The van der Waals surface area contributed by atoms with E-state index in [-0.39, 0.29) is 5.24 Å². The van der Waals surface area contributed by atoms with E-state index in [4.69, 9.17) is 0 Å². The summed E-state index contributed by atoms with van der Waals surface area (Å²) in [6.45, 7) is 4.65. The maximum atomic E-state index is 10.6. The van der Waals surface area contributed by atoms with Crippen molar-refractivity contribution in [3.63, 3.8) is 0 Å². The second kappa shape index (κ2) is 6.29. The first-order valence-corrected chi connectivity index (χ1v) is 5.20. The minimum absolute atomic E-state index is 0.0596. The van der Waals surface area contributed by atoms with Crippen LogP contribution in [0.2, 0.25) is 0 Å². The fraction of sp³-hybridized carbons (Fsp3) is 0.800. The molecule has 0 fully saturated rings. The van der Waals surface area contributed by atoms with E-state index in [1.165, 1.54) is 10.8 Å². The third-order valence-electron chi connectivity index (χ3n) is 0.574. The van der Waals surface area contributed by atoms with Crippen LogP contribution in [0.1, 0.15) is 13.8 Å². The van der Waals surface area contributed by atoms with Gasteiger partial charge >= 0.3 is 0 Å². The van der Waals surface area contributed by atoms with Crippen molar-refractivity contribution in [3.05, 3.63) is 0 Å². The normalized spacial score (nSPS) is 9.11. The smallest absolute Gasteiger partial charge is 0.289 e. The molecule has 54 valence electrons. The molecule has 1 amide bonds. The highest BCUT2D eigenvalue weighted by Crippen LogP contribution is 2.20. The number of rotatable bonds is 3. The first-order valence-electron chi connectivity index (χ1n) is 2.88. The van der Waals surface area contributed by atoms with Crippen molar-refractivity contribution >= 4 is 26.8 Å². The molecule has 0 spiro atoms. The summed E-state index contributed by atoms with van der Waals surface area (Å²) in [5.74, 6) is 0.974. The van der Waals surface area contributed by atoms with Gasteiger partial charge in [-0.15, -0.1) is 0 Å². The lowest BCUT2D eigenvalue weighted by atomic mass is 10.8. The van der Waals surface area contributed by atoms with Crippen LogP contribution in [0.25, 0.3) is 0 Å². The first kappa shape index (κ1) is 9.17. The SMILES string of the molecule is CCNC(=O)SSCC. The Hall–Kier alpha value is 0.170. The Kier molecular flexibility index (Phi) is 6.41. The number of hydrogen-bond acceptors (Lipinski definition) is 3. The molecular weight excluding hydrogens is 154 g/mol. The highest BCUT2D eigenvalue weighted by Gasteiger charge is 1.96. The topological polar surface area (TPSA) is 29.1 Å². The molecule has 0 saturated heterocycles. The molecule has 1 N–H and O–H groups in total. The summed E-state index contributed by atoms with van der Waals surface area (Å²) in [5.41, 5.74) is 0. The minimum atomic E-state index is 0.0596. The Morgan fingerprint density at radius 3 is 2.67 bits per heavy atom. The summed E-state index contributed by atoms with van der Waals surface area (Å²) in [7, 11) is 2.83. The number of nitrogens with one attached hydrogen (secondary N) is 1. The Morgan fingerprint density at radius 2 is 2.22 bits per heavy atom. The largest absolute Gasteiger partial charge is 0.347 e. The quantitative estimate of drug-likeness (QED) is 0.649. The second-order valence-electron chi connectivity index (χ2n) is 1.31. The van der Waals surface area contributed by atoms with Crippen LogP contribution in [0, 0.1) is 0 Å². The molecule has 0 aliphatic carbocycles. The Labute approximate surface area is 63.6 Å². The van der Waals surface area contributed by atoms with E-state index in [1.807, 2.05) is 13.8 Å². The lowest BCUT2D eigenvalue weighted by molar-refractivity contribution is 0.261. The van der Waals surface area contributed by atoms with Gasteiger partial charge in [-0.2, -0.15) is 0 Å². The number of carbonyl (C=O) groups excluding carboxylic acids is 1. The zero-order valence-corrected chi connectivity index (χ0v) is 7.27. The monoisotopic (exact) mass is 165 g/mol. The van der Waals surface area contributed by atoms with Gasteiger partial charge in [0.1, 0.15) is 0 Å². The van der Waals surface area contributed by atoms with Crippen LogP contribution in [0.3, 0.4) is 0 Å². The average molecular weight is 165 g/mol. The Morgan fingerprint density at radius 1 is 1.56 bits per heavy atom. The molecule has 0 atom stereocenters. The van der Waals surface area contributed by atoms with Crippen LogP contribution < -0.4 is 5.32 Å². The molecule has 0 saturated carbocycles. The van der Waals surface area contributed by atoms with Gasteiger partial charge < -0.3 is 5.32 Å². The van der Waals surface area contributed by atoms with Crippen LogP contribution in [-0.4, -0.2) is 17.5 Å². The average Bonchev–Trinajstić information content (AvgIpc) is 1.85. The molecule has 0 bridgehead atoms. The van der Waals surface area contributed by atoms with Crippen molar-refractivity contribution in [2.75, 3.05) is 12.3 Å². The predicted octanol–water partition coefficient (Wildman–Crippen LogP) is 2.12. The molecule has 0 heterocycles. The van der Waals surface area contributed by atoms with Crippen molar-refractivity contribution in [3.8, 4) is 0 Å². The molecule has 2 nitrogen and oxygen atoms in total. The molecule has 4 heteroatoms. The number of hydrogen-bond donors (Lipinski definition) is 1. The fourth-order valence-electron chi connectivity index (χ4n) is 0.286. The molecule has 0 aromatic heterocycles. The van der Waals surface area contributed by atoms with Gasteiger partial charge in [-0.25, -0.2) is 0 Å². The molecule has 0 radical (unpaired) electrons. The zero-order chi connectivity index (χ0) is 7.11. The van der Waals surface area contributed by atoms with E-state index in [9.17, 15) is 4.79 Å². The van der Waals surface area contributed by atoms with Crippen LogP contribution >= 0.6 is 21.6 Å². The molecule has 0 aromatic carbocycles. The lowest BCUT2D eigenvalue weighted by Gasteiger charge is -1.96. The van der Waals surface area contributed by atoms with Gasteiger partial charge in [0.15, 0.2) is 0 Å². The Bertz CT molecular complexity index is 87.0. The maximum Gasteiger partial charge on any atom is 0.289 e. The van der Waals surface area contributed by atoms with Gasteiger partial charge in [-0.05, 0) is 6.92 Å². The maximum absolute atomic E-state index is 10.6. The van der Waals surface area contributed by atoms with E-state index in [0.717, 1.165) is 12.3 Å². The first-order chi connectivity index (χ1) is 4.31. The minimum Gasteiger partial charge on any atom is -0.347 e. The summed E-state index contributed by atoms with van der Waals surface area (Å²) in [4.78, 5) is 10.6. The molecular formula is C5H11NOS2. The van der Waals surface area contributed by atoms with Gasteiger partial charge in [0.05, 0.1) is 0 Å². The highest BCUT2D eigenvalue weighted by atomic mass is 33.1. The molecule has 0 aliphatic heterocycles. The molecule has 0 unspecified atom stereocenters. The Balaban J connectivity index is 3.06. The van der Waals surface area contributed by atoms with E-state index in [2.05, 4.69) is 5.32 Å². The van der Waals surface area contributed by atoms with Crippen LogP contribution in [0.15, 0.2) is 0 Å².